The van der Waals surface area contributed by atoms with Crippen molar-refractivity contribution < 1.29 is 8.42 Å². The van der Waals surface area contributed by atoms with E-state index in [1.807, 2.05) is 29.0 Å². The number of hydrogen-bond donors (Lipinski definition) is 0. The monoisotopic (exact) mass is 316 g/mol. The second-order valence-electron chi connectivity index (χ2n) is 6.38. The van der Waals surface area contributed by atoms with E-state index in [1.54, 1.807) is 6.33 Å². The summed E-state index contributed by atoms with van der Waals surface area (Å²) in [6, 6.07) is 7.95. The summed E-state index contributed by atoms with van der Waals surface area (Å²) in [5.74, 6) is 0.192. The number of rotatable bonds is 3. The van der Waals surface area contributed by atoms with Crippen molar-refractivity contribution in [2.24, 2.45) is 0 Å². The van der Waals surface area contributed by atoms with Crippen LogP contribution in [0.3, 0.4) is 0 Å². The van der Waals surface area contributed by atoms with E-state index in [0.29, 0.717) is 0 Å². The van der Waals surface area contributed by atoms with E-state index in [1.165, 1.54) is 6.42 Å². The summed E-state index contributed by atoms with van der Waals surface area (Å²) >= 11 is 0. The molecule has 1 aromatic heterocycles. The fourth-order valence-electron chi connectivity index (χ4n) is 3.88. The van der Waals surface area contributed by atoms with Crippen LogP contribution in [0.5, 0.6) is 0 Å². The van der Waals surface area contributed by atoms with Crippen LogP contribution in [0, 0.1) is 0 Å². The van der Waals surface area contributed by atoms with Gasteiger partial charge in [0, 0.05) is 5.56 Å². The van der Waals surface area contributed by atoms with Crippen molar-refractivity contribution in [2.45, 2.75) is 43.4 Å². The van der Waals surface area contributed by atoms with Gasteiger partial charge in [0.05, 0.1) is 35.3 Å². The number of imidazole rings is 1. The van der Waals surface area contributed by atoms with Crippen LogP contribution in [-0.4, -0.2) is 29.0 Å². The van der Waals surface area contributed by atoms with Gasteiger partial charge in [-0.1, -0.05) is 43.5 Å². The van der Waals surface area contributed by atoms with Gasteiger partial charge in [-0.2, -0.15) is 0 Å². The van der Waals surface area contributed by atoms with Crippen LogP contribution in [0.1, 0.15) is 43.7 Å². The van der Waals surface area contributed by atoms with Crippen molar-refractivity contribution in [3.63, 3.8) is 0 Å². The summed E-state index contributed by atoms with van der Waals surface area (Å²) in [5.41, 5.74) is 3.25. The fraction of sp³-hybridized carbons (Fsp3) is 0.471. The van der Waals surface area contributed by atoms with Gasteiger partial charge in [-0.3, -0.25) is 0 Å². The molecule has 1 atom stereocenters. The Bertz CT molecular complexity index is 788. The van der Waals surface area contributed by atoms with Crippen molar-refractivity contribution in [2.75, 3.05) is 5.75 Å². The zero-order valence-corrected chi connectivity index (χ0v) is 13.3. The van der Waals surface area contributed by atoms with Crippen LogP contribution < -0.4 is 0 Å². The van der Waals surface area contributed by atoms with Crippen LogP contribution in [0.15, 0.2) is 36.8 Å². The summed E-state index contributed by atoms with van der Waals surface area (Å²) in [6.07, 6.45) is 8.50. The molecule has 2 heterocycles. The lowest BCUT2D eigenvalue weighted by Gasteiger charge is -2.24. The molecule has 22 heavy (non-hydrogen) atoms. The molecule has 1 aliphatic heterocycles. The quantitative estimate of drug-likeness (QED) is 0.874. The van der Waals surface area contributed by atoms with E-state index in [9.17, 15) is 8.42 Å². The summed E-state index contributed by atoms with van der Waals surface area (Å²) in [5, 5.41) is -0.152. The first-order valence-electron chi connectivity index (χ1n) is 7.99. The second-order valence-corrected chi connectivity index (χ2v) is 8.70. The average Bonchev–Trinajstić information content (AvgIpc) is 3.12. The maximum Gasteiger partial charge on any atom is 0.155 e. The third-order valence-electron chi connectivity index (χ3n) is 5.05. The van der Waals surface area contributed by atoms with E-state index in [2.05, 4.69) is 11.1 Å². The molecule has 0 spiro atoms. The van der Waals surface area contributed by atoms with Gasteiger partial charge in [0.1, 0.15) is 0 Å². The van der Waals surface area contributed by atoms with Crippen molar-refractivity contribution >= 4 is 9.84 Å². The lowest BCUT2D eigenvalue weighted by atomic mass is 10.0. The predicted octanol–water partition coefficient (Wildman–Crippen LogP) is 3.20. The lowest BCUT2D eigenvalue weighted by Crippen LogP contribution is -2.30. The van der Waals surface area contributed by atoms with Gasteiger partial charge in [0.2, 0.25) is 0 Å². The molecule has 5 heteroatoms. The third kappa shape index (κ3) is 2.19. The SMILES string of the molecule is O=S(=O)(C[C@@H]1c2ccccc2-c2cncn21)C1CCCCC1. The van der Waals surface area contributed by atoms with E-state index in [4.69, 9.17) is 0 Å². The third-order valence-corrected chi connectivity index (χ3v) is 7.32. The first-order valence-corrected chi connectivity index (χ1v) is 9.71. The molecule has 0 N–H and O–H groups in total. The van der Waals surface area contributed by atoms with Gasteiger partial charge >= 0.3 is 0 Å². The average molecular weight is 316 g/mol. The number of hydrogen-bond acceptors (Lipinski definition) is 3. The largest absolute Gasteiger partial charge is 0.322 e. The molecule has 116 valence electrons. The van der Waals surface area contributed by atoms with Gasteiger partial charge in [0.25, 0.3) is 0 Å². The van der Waals surface area contributed by atoms with Gasteiger partial charge < -0.3 is 4.57 Å². The molecule has 2 aliphatic rings. The minimum atomic E-state index is -3.08. The minimum Gasteiger partial charge on any atom is -0.322 e. The van der Waals surface area contributed by atoms with E-state index < -0.39 is 9.84 Å². The summed E-state index contributed by atoms with van der Waals surface area (Å²) in [4.78, 5) is 4.20. The van der Waals surface area contributed by atoms with Crippen LogP contribution in [0.25, 0.3) is 11.3 Å². The van der Waals surface area contributed by atoms with Gasteiger partial charge in [0.15, 0.2) is 9.84 Å². The Hall–Kier alpha value is -1.62. The molecule has 2 aromatic rings. The minimum absolute atomic E-state index is 0.124. The molecule has 0 amide bonds. The predicted molar refractivity (Wildman–Crippen MR) is 86.5 cm³/mol. The highest BCUT2D eigenvalue weighted by Crippen LogP contribution is 2.40. The number of nitrogens with zero attached hydrogens (tertiary/aromatic N) is 2. The molecule has 1 aliphatic carbocycles. The molecule has 4 rings (SSSR count). The normalized spacial score (nSPS) is 21.5. The zero-order chi connectivity index (χ0) is 15.2. The van der Waals surface area contributed by atoms with E-state index in [-0.39, 0.29) is 17.0 Å². The highest BCUT2D eigenvalue weighted by molar-refractivity contribution is 7.92. The number of aromatic nitrogens is 2. The molecule has 1 aromatic carbocycles. The Morgan fingerprint density at radius 1 is 1.14 bits per heavy atom. The lowest BCUT2D eigenvalue weighted by molar-refractivity contribution is 0.479. The maximum atomic E-state index is 12.8. The van der Waals surface area contributed by atoms with Crippen molar-refractivity contribution in [3.05, 3.63) is 42.4 Å². The molecule has 0 saturated heterocycles. The van der Waals surface area contributed by atoms with Crippen molar-refractivity contribution in [3.8, 4) is 11.3 Å². The van der Waals surface area contributed by atoms with Crippen molar-refractivity contribution in [1.29, 1.82) is 0 Å². The highest BCUT2D eigenvalue weighted by Gasteiger charge is 2.35. The zero-order valence-electron chi connectivity index (χ0n) is 12.5. The molecule has 0 bridgehead atoms. The first-order chi connectivity index (χ1) is 10.7. The molecule has 4 nitrogen and oxygen atoms in total. The molecular formula is C17H20N2O2S. The second kappa shape index (κ2) is 5.23. The van der Waals surface area contributed by atoms with Gasteiger partial charge in [-0.15, -0.1) is 0 Å². The van der Waals surface area contributed by atoms with Crippen molar-refractivity contribution in [1.82, 2.24) is 9.55 Å². The van der Waals surface area contributed by atoms with Crippen LogP contribution in [-0.2, 0) is 9.84 Å². The van der Waals surface area contributed by atoms with Gasteiger partial charge in [-0.05, 0) is 18.4 Å². The first kappa shape index (κ1) is 14.0. The molecule has 1 saturated carbocycles. The molecular weight excluding hydrogens is 296 g/mol. The maximum absolute atomic E-state index is 12.8. The smallest absolute Gasteiger partial charge is 0.155 e. The Labute approximate surface area is 131 Å². The van der Waals surface area contributed by atoms with Crippen LogP contribution in [0.4, 0.5) is 0 Å². The Balaban J connectivity index is 1.69. The summed E-state index contributed by atoms with van der Waals surface area (Å²) in [6.45, 7) is 0. The topological polar surface area (TPSA) is 52.0 Å². The summed E-state index contributed by atoms with van der Waals surface area (Å²) < 4.78 is 27.7. The number of sulfone groups is 1. The highest BCUT2D eigenvalue weighted by atomic mass is 32.2. The van der Waals surface area contributed by atoms with E-state index >= 15 is 0 Å². The standard InChI is InChI=1S/C17H20N2O2S/c20-22(21,13-6-2-1-3-7-13)11-17-15-9-5-4-8-14(15)16-10-18-12-19(16)17/h4-5,8-10,12-13,17H,1-3,6-7,11H2/t17-/m1/s1. The molecule has 1 fully saturated rings. The van der Waals surface area contributed by atoms with Crippen LogP contribution in [0.2, 0.25) is 0 Å². The van der Waals surface area contributed by atoms with E-state index in [0.717, 1.165) is 42.5 Å². The Kier molecular flexibility index (Phi) is 3.33. The number of benzene rings is 1. The summed E-state index contributed by atoms with van der Waals surface area (Å²) in [7, 11) is -3.08. The molecule has 0 radical (unpaired) electrons. The Morgan fingerprint density at radius 3 is 2.73 bits per heavy atom. The van der Waals surface area contributed by atoms with Gasteiger partial charge in [-0.25, -0.2) is 13.4 Å². The Morgan fingerprint density at radius 2 is 1.91 bits per heavy atom. The molecule has 0 unspecified atom stereocenters. The van der Waals surface area contributed by atoms with Crippen LogP contribution >= 0.6 is 0 Å². The number of fused-ring (bicyclic) bond motifs is 3. The fourth-order valence-corrected chi connectivity index (χ4v) is 5.99.